The molecule has 92 valence electrons. The molecule has 0 atom stereocenters. The summed E-state index contributed by atoms with van der Waals surface area (Å²) in [7, 11) is 1.40. The molecule has 0 amide bonds. The van der Waals surface area contributed by atoms with Gasteiger partial charge in [0, 0.05) is 23.4 Å². The summed E-state index contributed by atoms with van der Waals surface area (Å²) in [5, 5.41) is 13.7. The van der Waals surface area contributed by atoms with E-state index >= 15 is 0 Å². The van der Waals surface area contributed by atoms with Gasteiger partial charge in [-0.3, -0.25) is 9.67 Å². The molecule has 0 aliphatic carbocycles. The lowest BCUT2D eigenvalue weighted by Crippen LogP contribution is -2.07. The summed E-state index contributed by atoms with van der Waals surface area (Å²) in [6.07, 6.45) is 2.29. The Morgan fingerprint density at radius 3 is 2.76 bits per heavy atom. The van der Waals surface area contributed by atoms with E-state index in [-0.39, 0.29) is 5.16 Å². The minimum Gasteiger partial charge on any atom is -0.296 e. The van der Waals surface area contributed by atoms with Gasteiger partial charge in [-0.25, -0.2) is 8.42 Å². The Morgan fingerprint density at radius 2 is 2.24 bits per heavy atom. The van der Waals surface area contributed by atoms with E-state index in [4.69, 9.17) is 10.7 Å². The molecule has 0 spiro atoms. The topological polar surface area (TPSA) is 93.5 Å². The second-order valence-corrected chi connectivity index (χ2v) is 5.83. The molecule has 0 radical (unpaired) electrons. The van der Waals surface area contributed by atoms with Gasteiger partial charge in [0.2, 0.25) is 0 Å². The number of aromatic amines is 1. The zero-order valence-electron chi connectivity index (χ0n) is 8.96. The van der Waals surface area contributed by atoms with Gasteiger partial charge in [0.15, 0.2) is 5.82 Å². The van der Waals surface area contributed by atoms with Crippen LogP contribution in [-0.4, -0.2) is 33.4 Å². The first-order valence-electron chi connectivity index (χ1n) is 4.91. The molecule has 2 aromatic heterocycles. The van der Waals surface area contributed by atoms with Crippen LogP contribution in [0.25, 0.3) is 11.5 Å². The number of halogens is 1. The number of nitrogens with zero attached hydrogens (tertiary/aromatic N) is 4. The lowest BCUT2D eigenvalue weighted by atomic mass is 10.4. The van der Waals surface area contributed by atoms with Crippen molar-refractivity contribution in [1.29, 1.82) is 0 Å². The fourth-order valence-electron chi connectivity index (χ4n) is 1.47. The maximum Gasteiger partial charge on any atom is 0.296 e. The summed E-state index contributed by atoms with van der Waals surface area (Å²) in [4.78, 5) is 0. The molecule has 2 heterocycles. The van der Waals surface area contributed by atoms with Crippen LogP contribution in [-0.2, 0) is 15.6 Å². The molecule has 0 fully saturated rings. The van der Waals surface area contributed by atoms with E-state index in [2.05, 4.69) is 20.4 Å². The SMILES string of the molecule is CCCn1c(-c2ccn[nH]2)nnc1S(=O)(=O)Cl. The van der Waals surface area contributed by atoms with E-state index in [1.165, 1.54) is 4.57 Å². The van der Waals surface area contributed by atoms with Crippen molar-refractivity contribution in [3.63, 3.8) is 0 Å². The predicted molar refractivity (Wildman–Crippen MR) is 60.9 cm³/mol. The largest absolute Gasteiger partial charge is 0.296 e. The van der Waals surface area contributed by atoms with Gasteiger partial charge in [-0.05, 0) is 12.5 Å². The van der Waals surface area contributed by atoms with Gasteiger partial charge in [-0.2, -0.15) is 5.10 Å². The minimum atomic E-state index is -3.90. The van der Waals surface area contributed by atoms with Gasteiger partial charge in [0.05, 0.1) is 0 Å². The maximum atomic E-state index is 11.3. The number of hydrogen-bond donors (Lipinski definition) is 1. The van der Waals surface area contributed by atoms with Crippen LogP contribution in [0.5, 0.6) is 0 Å². The third kappa shape index (κ3) is 2.32. The van der Waals surface area contributed by atoms with Gasteiger partial charge in [-0.1, -0.05) is 6.92 Å². The third-order valence-electron chi connectivity index (χ3n) is 2.12. The van der Waals surface area contributed by atoms with Crippen molar-refractivity contribution in [3.05, 3.63) is 12.3 Å². The maximum absolute atomic E-state index is 11.3. The van der Waals surface area contributed by atoms with Crippen LogP contribution in [0.3, 0.4) is 0 Å². The zero-order valence-corrected chi connectivity index (χ0v) is 10.5. The number of aromatic nitrogens is 5. The van der Waals surface area contributed by atoms with Crippen LogP contribution in [0.4, 0.5) is 0 Å². The number of hydrogen-bond acceptors (Lipinski definition) is 5. The number of nitrogens with one attached hydrogen (secondary N) is 1. The molecule has 2 rings (SSSR count). The molecule has 1 N–H and O–H groups in total. The third-order valence-corrected chi connectivity index (χ3v) is 3.28. The summed E-state index contributed by atoms with van der Waals surface area (Å²) in [6.45, 7) is 2.38. The van der Waals surface area contributed by atoms with Crippen molar-refractivity contribution in [2.24, 2.45) is 0 Å². The molecule has 0 aliphatic rings. The Balaban J connectivity index is 2.59. The van der Waals surface area contributed by atoms with Crippen LogP contribution >= 0.6 is 10.7 Å². The number of H-pyrrole nitrogens is 1. The summed E-state index contributed by atoms with van der Waals surface area (Å²) in [5.74, 6) is 0.406. The number of rotatable bonds is 4. The second-order valence-electron chi connectivity index (χ2n) is 3.37. The Kier molecular flexibility index (Phi) is 3.16. The Labute approximate surface area is 102 Å². The Bertz CT molecular complexity index is 604. The second kappa shape index (κ2) is 4.46. The molecule has 0 unspecified atom stereocenters. The predicted octanol–water partition coefficient (Wildman–Crippen LogP) is 1.01. The molecule has 17 heavy (non-hydrogen) atoms. The van der Waals surface area contributed by atoms with Crippen molar-refractivity contribution in [2.45, 2.75) is 25.0 Å². The molecule has 2 aromatic rings. The summed E-state index contributed by atoms with van der Waals surface area (Å²) in [5.41, 5.74) is 0.595. The van der Waals surface area contributed by atoms with Gasteiger partial charge in [-0.15, -0.1) is 10.2 Å². The lowest BCUT2D eigenvalue weighted by molar-refractivity contribution is 0.569. The molecule has 0 aliphatic heterocycles. The molecular formula is C8H10ClN5O2S. The molecule has 9 heteroatoms. The van der Waals surface area contributed by atoms with Crippen LogP contribution in [0.1, 0.15) is 13.3 Å². The molecular weight excluding hydrogens is 266 g/mol. The van der Waals surface area contributed by atoms with Crippen LogP contribution in [0, 0.1) is 0 Å². The quantitative estimate of drug-likeness (QED) is 0.840. The molecule has 0 aromatic carbocycles. The zero-order chi connectivity index (χ0) is 12.5. The highest BCUT2D eigenvalue weighted by molar-refractivity contribution is 8.13. The molecule has 7 nitrogen and oxygen atoms in total. The van der Waals surface area contributed by atoms with Crippen LogP contribution in [0.2, 0.25) is 0 Å². The molecule has 0 saturated carbocycles. The van der Waals surface area contributed by atoms with Crippen molar-refractivity contribution in [2.75, 3.05) is 0 Å². The first-order valence-corrected chi connectivity index (χ1v) is 7.22. The molecule has 0 saturated heterocycles. The van der Waals surface area contributed by atoms with Crippen molar-refractivity contribution >= 4 is 19.7 Å². The average Bonchev–Trinajstić information content (AvgIpc) is 2.82. The van der Waals surface area contributed by atoms with Crippen molar-refractivity contribution < 1.29 is 8.42 Å². The highest BCUT2D eigenvalue weighted by atomic mass is 35.7. The summed E-state index contributed by atoms with van der Waals surface area (Å²) < 4.78 is 24.1. The van der Waals surface area contributed by atoms with Crippen molar-refractivity contribution in [3.8, 4) is 11.5 Å². The van der Waals surface area contributed by atoms with E-state index in [1.807, 2.05) is 6.92 Å². The van der Waals surface area contributed by atoms with E-state index < -0.39 is 9.05 Å². The monoisotopic (exact) mass is 275 g/mol. The molecule has 0 bridgehead atoms. The van der Waals surface area contributed by atoms with Gasteiger partial charge >= 0.3 is 0 Å². The van der Waals surface area contributed by atoms with E-state index in [0.717, 1.165) is 6.42 Å². The Morgan fingerprint density at radius 1 is 1.47 bits per heavy atom. The van der Waals surface area contributed by atoms with Crippen LogP contribution in [0.15, 0.2) is 17.4 Å². The highest BCUT2D eigenvalue weighted by Crippen LogP contribution is 2.20. The first kappa shape index (κ1) is 12.1. The smallest absolute Gasteiger partial charge is 0.296 e. The fourth-order valence-corrected chi connectivity index (χ4v) is 2.40. The van der Waals surface area contributed by atoms with E-state index in [1.54, 1.807) is 12.3 Å². The van der Waals surface area contributed by atoms with Crippen LogP contribution < -0.4 is 0 Å². The summed E-state index contributed by atoms with van der Waals surface area (Å²) in [6, 6.07) is 1.68. The minimum absolute atomic E-state index is 0.245. The average molecular weight is 276 g/mol. The fraction of sp³-hybridized carbons (Fsp3) is 0.375. The summed E-state index contributed by atoms with van der Waals surface area (Å²) >= 11 is 0. The van der Waals surface area contributed by atoms with Gasteiger partial charge < -0.3 is 0 Å². The standard InChI is InChI=1S/C8H10ClN5O2S/c1-2-5-14-7(6-3-4-10-11-6)12-13-8(14)17(9,15)16/h3-4H,2,5H2,1H3,(H,10,11). The van der Waals surface area contributed by atoms with E-state index in [0.29, 0.717) is 18.1 Å². The first-order chi connectivity index (χ1) is 8.04. The van der Waals surface area contributed by atoms with E-state index in [9.17, 15) is 8.42 Å². The van der Waals surface area contributed by atoms with Crippen molar-refractivity contribution in [1.82, 2.24) is 25.0 Å². The lowest BCUT2D eigenvalue weighted by Gasteiger charge is -2.05. The van der Waals surface area contributed by atoms with Gasteiger partial charge in [0.1, 0.15) is 5.69 Å². The Hall–Kier alpha value is -1.41. The van der Waals surface area contributed by atoms with Gasteiger partial charge in [0.25, 0.3) is 14.2 Å². The normalized spacial score (nSPS) is 11.9. The highest BCUT2D eigenvalue weighted by Gasteiger charge is 2.23.